The van der Waals surface area contributed by atoms with E-state index in [1.54, 1.807) is 17.2 Å². The molecule has 0 aliphatic carbocycles. The summed E-state index contributed by atoms with van der Waals surface area (Å²) in [6, 6.07) is 8.30. The molecule has 0 aliphatic rings. The molecule has 1 aromatic rings. The van der Waals surface area contributed by atoms with Crippen molar-refractivity contribution in [2.45, 2.75) is 24.7 Å². The van der Waals surface area contributed by atoms with Crippen LogP contribution in [0.15, 0.2) is 29.2 Å². The van der Waals surface area contributed by atoms with Crippen molar-refractivity contribution in [3.8, 4) is 0 Å². The number of thioether (sulfide) groups is 1. The van der Waals surface area contributed by atoms with E-state index in [1.807, 2.05) is 0 Å². The maximum Gasteiger partial charge on any atom is 0.243 e. The van der Waals surface area contributed by atoms with Crippen molar-refractivity contribution in [3.63, 3.8) is 0 Å². The predicted octanol–water partition coefficient (Wildman–Crippen LogP) is 2.37. The van der Waals surface area contributed by atoms with Crippen molar-refractivity contribution in [1.82, 2.24) is 5.48 Å². The molecule has 0 heterocycles. The normalized spacial score (nSPS) is 10.0. The van der Waals surface area contributed by atoms with Gasteiger partial charge in [0.25, 0.3) is 0 Å². The SMILES string of the molecule is Cc1ccc(SCCCC(=O)NO)cc1. The molecule has 4 heteroatoms. The van der Waals surface area contributed by atoms with E-state index in [9.17, 15) is 4.79 Å². The summed E-state index contributed by atoms with van der Waals surface area (Å²) < 4.78 is 0. The molecule has 0 aliphatic heterocycles. The van der Waals surface area contributed by atoms with Gasteiger partial charge in [0.1, 0.15) is 0 Å². The maximum atomic E-state index is 10.7. The number of benzene rings is 1. The second-order valence-corrected chi connectivity index (χ2v) is 4.47. The van der Waals surface area contributed by atoms with Gasteiger partial charge in [-0.25, -0.2) is 5.48 Å². The van der Waals surface area contributed by atoms with Crippen LogP contribution in [0.2, 0.25) is 0 Å². The Morgan fingerprint density at radius 3 is 2.67 bits per heavy atom. The number of hydrogen-bond donors (Lipinski definition) is 2. The third-order valence-corrected chi connectivity index (χ3v) is 3.06. The molecule has 0 bridgehead atoms. The molecular formula is C11H15NO2S. The molecule has 1 rings (SSSR count). The Morgan fingerprint density at radius 1 is 1.40 bits per heavy atom. The number of carbonyl (C=O) groups is 1. The van der Waals surface area contributed by atoms with E-state index in [1.165, 1.54) is 10.5 Å². The average Bonchev–Trinajstić information content (AvgIpc) is 2.26. The summed E-state index contributed by atoms with van der Waals surface area (Å²) in [7, 11) is 0. The number of hydrogen-bond acceptors (Lipinski definition) is 3. The number of nitrogens with one attached hydrogen (secondary N) is 1. The molecule has 15 heavy (non-hydrogen) atoms. The zero-order valence-corrected chi connectivity index (χ0v) is 9.51. The summed E-state index contributed by atoms with van der Waals surface area (Å²) in [6.45, 7) is 2.06. The van der Waals surface area contributed by atoms with Gasteiger partial charge in [0, 0.05) is 11.3 Å². The van der Waals surface area contributed by atoms with Crippen LogP contribution >= 0.6 is 11.8 Å². The molecule has 0 spiro atoms. The van der Waals surface area contributed by atoms with Crippen LogP contribution in [-0.4, -0.2) is 16.9 Å². The zero-order chi connectivity index (χ0) is 11.1. The zero-order valence-electron chi connectivity index (χ0n) is 8.69. The van der Waals surface area contributed by atoms with Gasteiger partial charge < -0.3 is 0 Å². The van der Waals surface area contributed by atoms with E-state index >= 15 is 0 Å². The number of rotatable bonds is 5. The van der Waals surface area contributed by atoms with Crippen molar-refractivity contribution in [2.75, 3.05) is 5.75 Å². The Morgan fingerprint density at radius 2 is 2.07 bits per heavy atom. The minimum absolute atomic E-state index is 0.320. The highest BCUT2D eigenvalue weighted by Crippen LogP contribution is 2.19. The topological polar surface area (TPSA) is 49.3 Å². The molecule has 3 nitrogen and oxygen atoms in total. The third-order valence-electron chi connectivity index (χ3n) is 1.96. The maximum absolute atomic E-state index is 10.7. The number of hydroxylamine groups is 1. The second kappa shape index (κ2) is 6.48. The van der Waals surface area contributed by atoms with Crippen LogP contribution in [0.1, 0.15) is 18.4 Å². The van der Waals surface area contributed by atoms with E-state index < -0.39 is 0 Å². The van der Waals surface area contributed by atoms with Crippen LogP contribution in [-0.2, 0) is 4.79 Å². The molecule has 0 radical (unpaired) electrons. The molecule has 0 aromatic heterocycles. The lowest BCUT2D eigenvalue weighted by atomic mass is 10.2. The fraction of sp³-hybridized carbons (Fsp3) is 0.364. The summed E-state index contributed by atoms with van der Waals surface area (Å²) >= 11 is 1.72. The fourth-order valence-electron chi connectivity index (χ4n) is 1.11. The first kappa shape index (κ1) is 12.1. The molecule has 82 valence electrons. The van der Waals surface area contributed by atoms with Crippen LogP contribution in [0.3, 0.4) is 0 Å². The molecule has 0 saturated carbocycles. The minimum atomic E-state index is -0.320. The van der Waals surface area contributed by atoms with Crippen LogP contribution in [0.25, 0.3) is 0 Å². The third kappa shape index (κ3) is 4.85. The van der Waals surface area contributed by atoms with Gasteiger partial charge >= 0.3 is 0 Å². The van der Waals surface area contributed by atoms with Gasteiger partial charge in [0.15, 0.2) is 0 Å². The molecule has 1 aromatic carbocycles. The lowest BCUT2D eigenvalue weighted by molar-refractivity contribution is -0.129. The van der Waals surface area contributed by atoms with E-state index in [0.29, 0.717) is 6.42 Å². The van der Waals surface area contributed by atoms with E-state index in [2.05, 4.69) is 31.2 Å². The predicted molar refractivity (Wildman–Crippen MR) is 61.1 cm³/mol. The highest BCUT2D eigenvalue weighted by molar-refractivity contribution is 7.99. The van der Waals surface area contributed by atoms with Crippen LogP contribution in [0.5, 0.6) is 0 Å². The Labute approximate surface area is 93.8 Å². The Kier molecular flexibility index (Phi) is 5.21. The Balaban J connectivity index is 2.20. The van der Waals surface area contributed by atoms with Gasteiger partial charge in [-0.2, -0.15) is 0 Å². The van der Waals surface area contributed by atoms with Crippen molar-refractivity contribution in [2.24, 2.45) is 0 Å². The monoisotopic (exact) mass is 225 g/mol. The summed E-state index contributed by atoms with van der Waals surface area (Å²) in [5.41, 5.74) is 2.87. The standard InChI is InChI=1S/C11H15NO2S/c1-9-4-6-10(7-5-9)15-8-2-3-11(13)12-14/h4-7,14H,2-3,8H2,1H3,(H,12,13). The van der Waals surface area contributed by atoms with Crippen molar-refractivity contribution >= 4 is 17.7 Å². The van der Waals surface area contributed by atoms with Crippen molar-refractivity contribution in [3.05, 3.63) is 29.8 Å². The van der Waals surface area contributed by atoms with Gasteiger partial charge in [0.2, 0.25) is 5.91 Å². The van der Waals surface area contributed by atoms with Crippen molar-refractivity contribution < 1.29 is 10.0 Å². The van der Waals surface area contributed by atoms with Crippen LogP contribution in [0, 0.1) is 6.92 Å². The number of aryl methyl sites for hydroxylation is 1. The largest absolute Gasteiger partial charge is 0.289 e. The quantitative estimate of drug-likeness (QED) is 0.350. The number of carbonyl (C=O) groups excluding carboxylic acids is 1. The summed E-state index contributed by atoms with van der Waals surface area (Å²) in [4.78, 5) is 11.9. The lowest BCUT2D eigenvalue weighted by Gasteiger charge is -2.01. The molecule has 0 fully saturated rings. The lowest BCUT2D eigenvalue weighted by Crippen LogP contribution is -2.17. The fourth-order valence-corrected chi connectivity index (χ4v) is 1.97. The first-order valence-electron chi connectivity index (χ1n) is 4.85. The second-order valence-electron chi connectivity index (χ2n) is 3.30. The molecule has 0 atom stereocenters. The molecule has 0 unspecified atom stereocenters. The Bertz CT molecular complexity index is 311. The molecule has 2 N–H and O–H groups in total. The first-order chi connectivity index (χ1) is 7.22. The van der Waals surface area contributed by atoms with E-state index in [4.69, 9.17) is 5.21 Å². The minimum Gasteiger partial charge on any atom is -0.289 e. The highest BCUT2D eigenvalue weighted by atomic mass is 32.2. The number of amides is 1. The molecule has 1 amide bonds. The average molecular weight is 225 g/mol. The summed E-state index contributed by atoms with van der Waals surface area (Å²) in [5, 5.41) is 8.28. The van der Waals surface area contributed by atoms with Gasteiger partial charge in [0.05, 0.1) is 0 Å². The van der Waals surface area contributed by atoms with E-state index in [0.717, 1.165) is 12.2 Å². The summed E-state index contributed by atoms with van der Waals surface area (Å²) in [6.07, 6.45) is 1.14. The first-order valence-corrected chi connectivity index (χ1v) is 5.83. The van der Waals surface area contributed by atoms with Gasteiger partial charge in [-0.3, -0.25) is 10.0 Å². The van der Waals surface area contributed by atoms with Crippen LogP contribution in [0.4, 0.5) is 0 Å². The van der Waals surface area contributed by atoms with Gasteiger partial charge in [-0.15, -0.1) is 11.8 Å². The van der Waals surface area contributed by atoms with Crippen LogP contribution < -0.4 is 5.48 Å². The smallest absolute Gasteiger partial charge is 0.243 e. The highest BCUT2D eigenvalue weighted by Gasteiger charge is 1.99. The van der Waals surface area contributed by atoms with Gasteiger partial charge in [-0.1, -0.05) is 17.7 Å². The van der Waals surface area contributed by atoms with E-state index in [-0.39, 0.29) is 5.91 Å². The van der Waals surface area contributed by atoms with Gasteiger partial charge in [-0.05, 0) is 31.2 Å². The molecule has 0 saturated heterocycles. The Hall–Kier alpha value is -1.00. The molecular weight excluding hydrogens is 210 g/mol. The van der Waals surface area contributed by atoms with Crippen molar-refractivity contribution in [1.29, 1.82) is 0 Å². The summed E-state index contributed by atoms with van der Waals surface area (Å²) in [5.74, 6) is 0.565.